The fourth-order valence-corrected chi connectivity index (χ4v) is 3.44. The number of ether oxygens (including phenoxy) is 1. The van der Waals surface area contributed by atoms with E-state index < -0.39 is 11.2 Å². The minimum atomic E-state index is -0.666. The molecule has 1 aromatic heterocycles. The van der Waals surface area contributed by atoms with Gasteiger partial charge in [0.05, 0.1) is 6.54 Å². The molecule has 0 fully saturated rings. The molecule has 2 rings (SSSR count). The molecule has 10 heteroatoms. The van der Waals surface area contributed by atoms with Crippen LogP contribution in [0.25, 0.3) is 0 Å². The molecule has 1 aromatic carbocycles. The third kappa shape index (κ3) is 7.64. The van der Waals surface area contributed by atoms with Crippen molar-refractivity contribution < 1.29 is 9.53 Å². The summed E-state index contributed by atoms with van der Waals surface area (Å²) in [5.41, 5.74) is 5.01. The number of rotatable bonds is 11. The van der Waals surface area contributed by atoms with Crippen LogP contribution in [0.5, 0.6) is 5.75 Å². The maximum atomic E-state index is 13.2. The molecule has 9 nitrogen and oxygen atoms in total. The van der Waals surface area contributed by atoms with Gasteiger partial charge in [-0.3, -0.25) is 24.0 Å². The molecule has 0 radical (unpaired) electrons. The highest BCUT2D eigenvalue weighted by Gasteiger charge is 2.26. The van der Waals surface area contributed by atoms with Crippen molar-refractivity contribution in [1.29, 1.82) is 0 Å². The number of benzene rings is 1. The van der Waals surface area contributed by atoms with Gasteiger partial charge in [-0.05, 0) is 43.1 Å². The Morgan fingerprint density at radius 1 is 1.15 bits per heavy atom. The van der Waals surface area contributed by atoms with Crippen molar-refractivity contribution in [3.8, 4) is 5.75 Å². The van der Waals surface area contributed by atoms with Gasteiger partial charge < -0.3 is 15.4 Å². The first-order chi connectivity index (χ1) is 15.5. The fourth-order valence-electron chi connectivity index (χ4n) is 3.31. The first-order valence-electron chi connectivity index (χ1n) is 11.0. The number of nitrogens with two attached hydrogens (primary N) is 1. The monoisotopic (exact) mass is 479 g/mol. The van der Waals surface area contributed by atoms with E-state index in [0.29, 0.717) is 37.0 Å². The van der Waals surface area contributed by atoms with E-state index in [-0.39, 0.29) is 35.8 Å². The lowest BCUT2D eigenvalue weighted by molar-refractivity contribution is -0.119. The fraction of sp³-hybridized carbons (Fsp3) is 0.522. The minimum Gasteiger partial charge on any atom is -0.492 e. The van der Waals surface area contributed by atoms with E-state index in [2.05, 4.69) is 4.98 Å². The highest BCUT2D eigenvalue weighted by molar-refractivity contribution is 6.30. The zero-order valence-electron chi connectivity index (χ0n) is 19.9. The predicted octanol–water partition coefficient (Wildman–Crippen LogP) is 2.43. The zero-order valence-corrected chi connectivity index (χ0v) is 20.7. The molecule has 0 aliphatic heterocycles. The maximum absolute atomic E-state index is 13.2. The second-order valence-electron chi connectivity index (χ2n) is 8.94. The number of nitrogens with one attached hydrogen (secondary N) is 1. The first-order valence-corrected chi connectivity index (χ1v) is 11.4. The van der Waals surface area contributed by atoms with Crippen molar-refractivity contribution in [1.82, 2.24) is 14.5 Å². The van der Waals surface area contributed by atoms with E-state index in [1.165, 1.54) is 9.47 Å². The van der Waals surface area contributed by atoms with Crippen LogP contribution in [0.1, 0.15) is 27.7 Å². The van der Waals surface area contributed by atoms with Gasteiger partial charge in [0.15, 0.2) is 5.69 Å². The second kappa shape index (κ2) is 11.9. The van der Waals surface area contributed by atoms with Crippen molar-refractivity contribution in [3.05, 3.63) is 50.1 Å². The molecule has 0 atom stereocenters. The van der Waals surface area contributed by atoms with Crippen LogP contribution in [0.3, 0.4) is 0 Å². The number of hydrogen-bond donors (Lipinski definition) is 2. The molecule has 0 saturated carbocycles. The van der Waals surface area contributed by atoms with Gasteiger partial charge in [0.1, 0.15) is 18.2 Å². The summed E-state index contributed by atoms with van der Waals surface area (Å²) in [4.78, 5) is 43.7. The number of carbonyl (C=O) groups is 1. The number of nitrogen functional groups attached to an aromatic ring is 1. The third-order valence-corrected chi connectivity index (χ3v) is 5.09. The average molecular weight is 480 g/mol. The topological polar surface area (TPSA) is 114 Å². The van der Waals surface area contributed by atoms with Crippen LogP contribution >= 0.6 is 11.6 Å². The van der Waals surface area contributed by atoms with E-state index in [0.717, 1.165) is 0 Å². The van der Waals surface area contributed by atoms with Crippen molar-refractivity contribution in [2.75, 3.05) is 43.9 Å². The lowest BCUT2D eigenvalue weighted by atomic mass is 10.2. The summed E-state index contributed by atoms with van der Waals surface area (Å²) in [6, 6.07) is 7.04. The van der Waals surface area contributed by atoms with E-state index in [1.807, 2.05) is 27.7 Å². The van der Waals surface area contributed by atoms with Crippen LogP contribution in [-0.2, 0) is 11.3 Å². The second-order valence-corrected chi connectivity index (χ2v) is 9.37. The number of aromatic amines is 1. The van der Waals surface area contributed by atoms with Gasteiger partial charge >= 0.3 is 5.69 Å². The van der Waals surface area contributed by atoms with E-state index >= 15 is 0 Å². The zero-order chi connectivity index (χ0) is 24.7. The van der Waals surface area contributed by atoms with Gasteiger partial charge in [-0.1, -0.05) is 39.3 Å². The standard InChI is InChI=1S/C23H34ClN5O4/c1-15(2)12-28(20-21(25)29(13-16(3)4)23(32)26-22(20)31)19(30)14-27(5)10-11-33-18-8-6-17(24)7-9-18/h6-9,15-16H,10-14,25H2,1-5H3,(H,26,31,32). The lowest BCUT2D eigenvalue weighted by Gasteiger charge is -2.28. The van der Waals surface area contributed by atoms with Crippen molar-refractivity contribution in [2.24, 2.45) is 11.8 Å². The summed E-state index contributed by atoms with van der Waals surface area (Å²) in [5, 5.41) is 0.629. The number of aromatic nitrogens is 2. The SMILES string of the molecule is CC(C)CN(C(=O)CN(C)CCOc1ccc(Cl)cc1)c1c(N)n(CC(C)C)c(=O)[nH]c1=O. The van der Waals surface area contributed by atoms with Gasteiger partial charge in [0, 0.05) is 24.7 Å². The van der Waals surface area contributed by atoms with Crippen LogP contribution in [0.2, 0.25) is 5.02 Å². The molecular weight excluding hydrogens is 446 g/mol. The minimum absolute atomic E-state index is 0.000162. The molecule has 182 valence electrons. The molecule has 0 aliphatic carbocycles. The Labute approximate surface area is 199 Å². The van der Waals surface area contributed by atoms with Gasteiger partial charge in [-0.15, -0.1) is 0 Å². The number of amides is 1. The van der Waals surface area contributed by atoms with Crippen LogP contribution < -0.4 is 26.6 Å². The summed E-state index contributed by atoms with van der Waals surface area (Å²) < 4.78 is 7.00. The molecule has 0 aliphatic rings. The molecule has 0 saturated heterocycles. The molecule has 0 spiro atoms. The largest absolute Gasteiger partial charge is 0.492 e. The maximum Gasteiger partial charge on any atom is 0.330 e. The Bertz CT molecular complexity index is 1050. The van der Waals surface area contributed by atoms with Gasteiger partial charge in [0.25, 0.3) is 5.56 Å². The molecular formula is C23H34ClN5O4. The first kappa shape index (κ1) is 26.5. The third-order valence-electron chi connectivity index (χ3n) is 4.84. The quantitative estimate of drug-likeness (QED) is 0.511. The van der Waals surface area contributed by atoms with Crippen molar-refractivity contribution in [2.45, 2.75) is 34.2 Å². The summed E-state index contributed by atoms with van der Waals surface area (Å²) in [6.07, 6.45) is 0. The number of halogens is 1. The lowest BCUT2D eigenvalue weighted by Crippen LogP contribution is -2.46. The van der Waals surface area contributed by atoms with Gasteiger partial charge in [0.2, 0.25) is 5.91 Å². The van der Waals surface area contributed by atoms with Crippen molar-refractivity contribution >= 4 is 29.0 Å². The molecule has 0 unspecified atom stereocenters. The van der Waals surface area contributed by atoms with Gasteiger partial charge in [-0.2, -0.15) is 0 Å². The Balaban J connectivity index is 2.17. The molecule has 1 heterocycles. The summed E-state index contributed by atoms with van der Waals surface area (Å²) >= 11 is 5.88. The van der Waals surface area contributed by atoms with Crippen LogP contribution in [-0.4, -0.2) is 53.6 Å². The number of likely N-dealkylation sites (N-methyl/N-ethyl adjacent to an activating group) is 1. The molecule has 3 N–H and O–H groups in total. The highest BCUT2D eigenvalue weighted by Crippen LogP contribution is 2.20. The summed E-state index contributed by atoms with van der Waals surface area (Å²) in [5.74, 6) is 0.610. The Kier molecular flexibility index (Phi) is 9.55. The summed E-state index contributed by atoms with van der Waals surface area (Å²) in [7, 11) is 1.80. The Morgan fingerprint density at radius 2 is 1.79 bits per heavy atom. The number of H-pyrrole nitrogens is 1. The molecule has 2 aromatic rings. The van der Waals surface area contributed by atoms with Crippen LogP contribution in [0, 0.1) is 11.8 Å². The predicted molar refractivity (Wildman–Crippen MR) is 132 cm³/mol. The summed E-state index contributed by atoms with van der Waals surface area (Å²) in [6.45, 7) is 9.31. The number of carbonyl (C=O) groups excluding carboxylic acids is 1. The average Bonchev–Trinajstić information content (AvgIpc) is 2.71. The van der Waals surface area contributed by atoms with Crippen LogP contribution in [0.15, 0.2) is 33.9 Å². The van der Waals surface area contributed by atoms with E-state index in [4.69, 9.17) is 22.1 Å². The normalized spacial score (nSPS) is 11.4. The van der Waals surface area contributed by atoms with E-state index in [9.17, 15) is 14.4 Å². The van der Waals surface area contributed by atoms with Gasteiger partial charge in [-0.25, -0.2) is 4.79 Å². The Morgan fingerprint density at radius 3 is 2.36 bits per heavy atom. The number of anilines is 2. The number of nitrogens with zero attached hydrogens (tertiary/aromatic N) is 3. The van der Waals surface area contributed by atoms with Crippen LogP contribution in [0.4, 0.5) is 11.5 Å². The smallest absolute Gasteiger partial charge is 0.330 e. The molecule has 33 heavy (non-hydrogen) atoms. The Hall–Kier alpha value is -2.78. The highest BCUT2D eigenvalue weighted by atomic mass is 35.5. The van der Waals surface area contributed by atoms with E-state index in [1.54, 1.807) is 36.2 Å². The molecule has 1 amide bonds. The van der Waals surface area contributed by atoms with Crippen molar-refractivity contribution in [3.63, 3.8) is 0 Å². The number of hydrogen-bond acceptors (Lipinski definition) is 6. The molecule has 0 bridgehead atoms.